The fourth-order valence-corrected chi connectivity index (χ4v) is 3.72. The smallest absolute Gasteiger partial charge is 0.236 e. The molecular formula is C14H18ClNO2S. The van der Waals surface area contributed by atoms with Gasteiger partial charge in [-0.3, -0.25) is 0 Å². The number of hydrogen-bond acceptors (Lipinski definition) is 3. The molecule has 0 saturated carbocycles. The van der Waals surface area contributed by atoms with Gasteiger partial charge in [0.2, 0.25) is 9.05 Å². The molecule has 3 nitrogen and oxygen atoms in total. The number of fused-ring (bicyclic) bond motifs is 1. The number of halogens is 1. The summed E-state index contributed by atoms with van der Waals surface area (Å²) < 4.78 is 22.8. The summed E-state index contributed by atoms with van der Waals surface area (Å²) in [5, 5.41) is 0. The molecule has 0 amide bonds. The topological polar surface area (TPSA) is 37.4 Å². The molecule has 0 atom stereocenters. The van der Waals surface area contributed by atoms with E-state index in [-0.39, 0.29) is 11.3 Å². The maximum atomic E-state index is 11.4. The average Bonchev–Trinajstić information content (AvgIpc) is 2.26. The zero-order chi connectivity index (χ0) is 14.3. The van der Waals surface area contributed by atoms with Gasteiger partial charge in [0.25, 0.3) is 0 Å². The van der Waals surface area contributed by atoms with E-state index in [1.807, 2.05) is 30.3 Å². The molecule has 1 heterocycles. The lowest BCUT2D eigenvalue weighted by molar-refractivity contribution is 0.566. The van der Waals surface area contributed by atoms with Crippen molar-refractivity contribution < 1.29 is 8.42 Å². The minimum absolute atomic E-state index is 0.132. The van der Waals surface area contributed by atoms with Gasteiger partial charge in [-0.15, -0.1) is 0 Å². The third kappa shape index (κ3) is 2.95. The first-order chi connectivity index (χ1) is 8.74. The van der Waals surface area contributed by atoms with Crippen molar-refractivity contribution >= 4 is 31.0 Å². The molecule has 0 fully saturated rings. The second kappa shape index (κ2) is 4.84. The van der Waals surface area contributed by atoms with Crippen molar-refractivity contribution in [2.75, 3.05) is 17.2 Å². The van der Waals surface area contributed by atoms with Crippen LogP contribution in [-0.4, -0.2) is 26.3 Å². The Bertz CT molecular complexity index is 620. The number of hydrogen-bond donors (Lipinski definition) is 0. The van der Waals surface area contributed by atoms with E-state index in [2.05, 4.69) is 25.7 Å². The fraction of sp³-hybridized carbons (Fsp3) is 0.429. The van der Waals surface area contributed by atoms with Crippen LogP contribution in [0.5, 0.6) is 0 Å². The third-order valence-electron chi connectivity index (χ3n) is 3.41. The summed E-state index contributed by atoms with van der Waals surface area (Å²) in [4.78, 5) is 2.26. The van der Waals surface area contributed by atoms with Gasteiger partial charge in [0.05, 0.1) is 11.3 Å². The second-order valence-electron chi connectivity index (χ2n) is 5.27. The van der Waals surface area contributed by atoms with Crippen LogP contribution in [0.2, 0.25) is 0 Å². The Labute approximate surface area is 119 Å². The zero-order valence-corrected chi connectivity index (χ0v) is 12.9. The second-order valence-corrected chi connectivity index (χ2v) is 8.04. The van der Waals surface area contributed by atoms with Gasteiger partial charge < -0.3 is 4.90 Å². The van der Waals surface area contributed by atoms with Crippen LogP contribution in [0.1, 0.15) is 26.3 Å². The summed E-state index contributed by atoms with van der Waals surface area (Å²) in [6.07, 6.45) is 2.00. The maximum absolute atomic E-state index is 11.4. The first-order valence-electron chi connectivity index (χ1n) is 6.26. The Kier molecular flexibility index (Phi) is 3.67. The van der Waals surface area contributed by atoms with E-state index in [9.17, 15) is 8.42 Å². The Morgan fingerprint density at radius 1 is 1.26 bits per heavy atom. The molecule has 0 aliphatic carbocycles. The molecule has 5 heteroatoms. The Morgan fingerprint density at radius 3 is 2.47 bits per heavy atom. The van der Waals surface area contributed by atoms with Crippen LogP contribution in [0.15, 0.2) is 30.3 Å². The number of nitrogens with zero attached hydrogens (tertiary/aromatic N) is 1. The van der Waals surface area contributed by atoms with E-state index < -0.39 is 9.05 Å². The van der Waals surface area contributed by atoms with E-state index in [1.54, 1.807) is 0 Å². The molecule has 104 valence electrons. The Morgan fingerprint density at radius 2 is 1.89 bits per heavy atom. The Hall–Kier alpha value is -1.00. The third-order valence-corrected chi connectivity index (χ3v) is 4.39. The van der Waals surface area contributed by atoms with E-state index >= 15 is 0 Å². The minimum Gasteiger partial charge on any atom is -0.363 e. The van der Waals surface area contributed by atoms with Gasteiger partial charge in [-0.05, 0) is 32.4 Å². The van der Waals surface area contributed by atoms with Crippen molar-refractivity contribution in [3.63, 3.8) is 0 Å². The van der Waals surface area contributed by atoms with Gasteiger partial charge in [0.15, 0.2) is 0 Å². The van der Waals surface area contributed by atoms with E-state index in [1.165, 1.54) is 0 Å². The monoisotopic (exact) mass is 299 g/mol. The van der Waals surface area contributed by atoms with Crippen molar-refractivity contribution in [1.82, 2.24) is 0 Å². The van der Waals surface area contributed by atoms with Crippen molar-refractivity contribution in [3.05, 3.63) is 35.9 Å². The van der Waals surface area contributed by atoms with Crippen molar-refractivity contribution in [2.24, 2.45) is 0 Å². The first-order valence-corrected chi connectivity index (χ1v) is 8.73. The molecule has 1 aromatic rings. The number of rotatable bonds is 3. The highest BCUT2D eigenvalue weighted by molar-refractivity contribution is 8.14. The summed E-state index contributed by atoms with van der Waals surface area (Å²) in [6, 6.07) is 7.85. The molecule has 0 unspecified atom stereocenters. The normalized spacial score (nSPS) is 17.9. The van der Waals surface area contributed by atoms with Crippen LogP contribution < -0.4 is 4.90 Å². The van der Waals surface area contributed by atoms with Gasteiger partial charge >= 0.3 is 0 Å². The minimum atomic E-state index is -3.56. The van der Waals surface area contributed by atoms with Crippen LogP contribution in [0, 0.1) is 0 Å². The van der Waals surface area contributed by atoms with Gasteiger partial charge in [-0.2, -0.15) is 0 Å². The molecule has 0 bridgehead atoms. The molecule has 1 aromatic carbocycles. The summed E-state index contributed by atoms with van der Waals surface area (Å²) in [5.74, 6) is -0.132. The first kappa shape index (κ1) is 14.4. The summed E-state index contributed by atoms with van der Waals surface area (Å²) in [5.41, 5.74) is 2.57. The largest absolute Gasteiger partial charge is 0.363 e. The Balaban J connectivity index is 2.59. The van der Waals surface area contributed by atoms with Gasteiger partial charge in [0.1, 0.15) is 0 Å². The predicted molar refractivity (Wildman–Crippen MR) is 81.2 cm³/mol. The number of para-hydroxylation sites is 1. The summed E-state index contributed by atoms with van der Waals surface area (Å²) >= 11 is 0. The van der Waals surface area contributed by atoms with Gasteiger partial charge in [-0.1, -0.05) is 24.3 Å². The fourth-order valence-electron chi connectivity index (χ4n) is 2.76. The summed E-state index contributed by atoms with van der Waals surface area (Å²) in [6.45, 7) is 7.11. The highest BCUT2D eigenvalue weighted by Crippen LogP contribution is 2.39. The number of likely N-dealkylation sites (N-methyl/N-ethyl adjacent to an activating group) is 1. The molecule has 1 aliphatic heterocycles. The molecule has 2 rings (SSSR count). The molecule has 0 aromatic heterocycles. The average molecular weight is 300 g/mol. The number of benzene rings is 1. The zero-order valence-electron chi connectivity index (χ0n) is 11.4. The highest BCUT2D eigenvalue weighted by Gasteiger charge is 2.32. The van der Waals surface area contributed by atoms with Gasteiger partial charge in [-0.25, -0.2) is 8.42 Å². The van der Waals surface area contributed by atoms with E-state index in [0.717, 1.165) is 23.4 Å². The molecule has 0 N–H and O–H groups in total. The van der Waals surface area contributed by atoms with Crippen LogP contribution in [0.3, 0.4) is 0 Å². The lowest BCUT2D eigenvalue weighted by atomic mass is 9.89. The van der Waals surface area contributed by atoms with Crippen LogP contribution in [-0.2, 0) is 9.05 Å². The highest BCUT2D eigenvalue weighted by atomic mass is 35.7. The molecule has 0 radical (unpaired) electrons. The van der Waals surface area contributed by atoms with Crippen LogP contribution in [0.25, 0.3) is 5.57 Å². The molecule has 0 spiro atoms. The van der Waals surface area contributed by atoms with Crippen LogP contribution in [0.4, 0.5) is 5.69 Å². The molecule has 0 saturated heterocycles. The van der Waals surface area contributed by atoms with E-state index in [4.69, 9.17) is 10.7 Å². The van der Waals surface area contributed by atoms with E-state index in [0.29, 0.717) is 0 Å². The van der Waals surface area contributed by atoms with Crippen molar-refractivity contribution in [3.8, 4) is 0 Å². The van der Waals surface area contributed by atoms with Crippen LogP contribution >= 0.6 is 10.7 Å². The SMILES string of the molecule is CCN1c2ccccc2C(CS(=O)(=O)Cl)=CC1(C)C. The quantitative estimate of drug-likeness (QED) is 0.804. The standard InChI is InChI=1S/C14H18ClNO2S/c1-4-16-13-8-6-5-7-12(13)11(9-14(16,2)3)10-19(15,17)18/h5-9H,4,10H2,1-3H3. The number of anilines is 1. The molecule has 19 heavy (non-hydrogen) atoms. The lowest BCUT2D eigenvalue weighted by Gasteiger charge is -2.43. The summed E-state index contributed by atoms with van der Waals surface area (Å²) in [7, 11) is 1.86. The molecular weight excluding hydrogens is 282 g/mol. The maximum Gasteiger partial charge on any atom is 0.236 e. The molecule has 1 aliphatic rings. The van der Waals surface area contributed by atoms with Crippen molar-refractivity contribution in [1.29, 1.82) is 0 Å². The lowest BCUT2D eigenvalue weighted by Crippen LogP contribution is -2.45. The van der Waals surface area contributed by atoms with Crippen molar-refractivity contribution in [2.45, 2.75) is 26.3 Å². The van der Waals surface area contributed by atoms with Gasteiger partial charge in [0, 0.05) is 28.5 Å². The predicted octanol–water partition coefficient (Wildman–Crippen LogP) is 3.26.